The van der Waals surface area contributed by atoms with Crippen molar-refractivity contribution in [3.05, 3.63) is 82.5 Å². The Morgan fingerprint density at radius 3 is 2.38 bits per heavy atom. The summed E-state index contributed by atoms with van der Waals surface area (Å²) in [7, 11) is -2.78. The van der Waals surface area contributed by atoms with Crippen LogP contribution < -0.4 is 14.4 Å². The first-order valence-corrected chi connectivity index (χ1v) is 12.2. The number of aromatic nitrogens is 1. The minimum Gasteiger partial charge on any atom is -0.481 e. The van der Waals surface area contributed by atoms with E-state index in [1.165, 1.54) is 43.1 Å². The molecule has 178 valence electrons. The van der Waals surface area contributed by atoms with Gasteiger partial charge in [0.05, 0.1) is 23.9 Å². The molecule has 34 heavy (non-hydrogen) atoms. The first kappa shape index (κ1) is 23.5. The molecular formula is C23H25N5O5S. The molecule has 2 aromatic carbocycles. The summed E-state index contributed by atoms with van der Waals surface area (Å²) in [6.45, 7) is 3.31. The largest absolute Gasteiger partial charge is 0.481 e. The van der Waals surface area contributed by atoms with Gasteiger partial charge in [-0.3, -0.25) is 19.7 Å². The van der Waals surface area contributed by atoms with Crippen LogP contribution in [-0.2, 0) is 16.6 Å². The zero-order chi connectivity index (χ0) is 24.1. The Bertz CT molecular complexity index is 1240. The van der Waals surface area contributed by atoms with Gasteiger partial charge in [-0.15, -0.1) is 0 Å². The van der Waals surface area contributed by atoms with Crippen LogP contribution in [0.5, 0.6) is 5.88 Å². The topological polar surface area (TPSA) is 118 Å². The van der Waals surface area contributed by atoms with Crippen LogP contribution in [0.2, 0.25) is 0 Å². The maximum absolute atomic E-state index is 13.1. The SMILES string of the molecule is COc1ccc(NS(=O)(=O)c2cccc(N3CCN(Cc4ccccc4)CC3)c2[N+](=O)[O-])cn1. The van der Waals surface area contributed by atoms with E-state index in [-0.39, 0.29) is 5.69 Å². The van der Waals surface area contributed by atoms with Gasteiger partial charge in [0, 0.05) is 38.8 Å². The Morgan fingerprint density at radius 2 is 1.76 bits per heavy atom. The molecule has 10 nitrogen and oxygen atoms in total. The summed E-state index contributed by atoms with van der Waals surface area (Å²) < 4.78 is 33.5. The molecule has 0 saturated carbocycles. The number of benzene rings is 2. The zero-order valence-electron chi connectivity index (χ0n) is 18.6. The standard InChI is InChI=1S/C23H25N5O5S/c1-33-22-11-10-19(16-24-22)25-34(31,32)21-9-5-8-20(23(21)28(29)30)27-14-12-26(13-15-27)17-18-6-3-2-4-7-18/h2-11,16,25H,12-15,17H2,1H3. The monoisotopic (exact) mass is 483 g/mol. The average Bonchev–Trinajstić information content (AvgIpc) is 2.85. The van der Waals surface area contributed by atoms with Crippen LogP contribution in [0.1, 0.15) is 5.56 Å². The lowest BCUT2D eigenvalue weighted by Gasteiger charge is -2.36. The number of rotatable bonds is 8. The third kappa shape index (κ3) is 5.26. The molecule has 0 atom stereocenters. The first-order chi connectivity index (χ1) is 16.4. The van der Waals surface area contributed by atoms with Gasteiger partial charge in [-0.1, -0.05) is 36.4 Å². The number of ether oxygens (including phenoxy) is 1. The van der Waals surface area contributed by atoms with Crippen LogP contribution in [0.25, 0.3) is 0 Å². The van der Waals surface area contributed by atoms with Gasteiger partial charge >= 0.3 is 5.69 Å². The van der Waals surface area contributed by atoms with E-state index < -0.39 is 25.5 Å². The van der Waals surface area contributed by atoms with E-state index in [0.717, 1.165) is 6.54 Å². The molecule has 1 fully saturated rings. The average molecular weight is 484 g/mol. The van der Waals surface area contributed by atoms with E-state index in [1.807, 2.05) is 23.1 Å². The lowest BCUT2D eigenvalue weighted by Crippen LogP contribution is -2.46. The summed E-state index contributed by atoms with van der Waals surface area (Å²) in [6, 6.07) is 17.4. The molecule has 0 radical (unpaired) electrons. The maximum Gasteiger partial charge on any atom is 0.312 e. The fourth-order valence-corrected chi connectivity index (χ4v) is 5.16. The highest BCUT2D eigenvalue weighted by Gasteiger charge is 2.32. The van der Waals surface area contributed by atoms with Crippen molar-refractivity contribution < 1.29 is 18.1 Å². The van der Waals surface area contributed by atoms with Gasteiger partial charge < -0.3 is 9.64 Å². The third-order valence-electron chi connectivity index (χ3n) is 5.61. The molecule has 0 aliphatic carbocycles. The van der Waals surface area contributed by atoms with Gasteiger partial charge in [0.25, 0.3) is 10.0 Å². The van der Waals surface area contributed by atoms with Gasteiger partial charge in [0.15, 0.2) is 4.90 Å². The number of piperazine rings is 1. The highest BCUT2D eigenvalue weighted by Crippen LogP contribution is 2.36. The summed E-state index contributed by atoms with van der Waals surface area (Å²) in [5.74, 6) is 0.322. The number of pyridine rings is 1. The third-order valence-corrected chi connectivity index (χ3v) is 7.02. The second kappa shape index (κ2) is 10.1. The molecule has 1 aliphatic rings. The van der Waals surface area contributed by atoms with E-state index in [0.29, 0.717) is 37.7 Å². The van der Waals surface area contributed by atoms with Crippen molar-refractivity contribution in [1.29, 1.82) is 0 Å². The van der Waals surface area contributed by atoms with Crippen LogP contribution in [0, 0.1) is 10.1 Å². The van der Waals surface area contributed by atoms with Gasteiger partial charge in [-0.05, 0) is 23.8 Å². The molecule has 0 unspecified atom stereocenters. The van der Waals surface area contributed by atoms with Crippen molar-refractivity contribution in [1.82, 2.24) is 9.88 Å². The molecule has 1 saturated heterocycles. The van der Waals surface area contributed by atoms with E-state index >= 15 is 0 Å². The minimum atomic E-state index is -4.23. The Labute approximate surface area is 198 Å². The Kier molecular flexibility index (Phi) is 6.94. The van der Waals surface area contributed by atoms with Crippen LogP contribution >= 0.6 is 0 Å². The van der Waals surface area contributed by atoms with Gasteiger partial charge in [0.1, 0.15) is 5.69 Å². The number of anilines is 2. The van der Waals surface area contributed by atoms with Crippen LogP contribution in [0.3, 0.4) is 0 Å². The number of nitro benzene ring substituents is 1. The van der Waals surface area contributed by atoms with Gasteiger partial charge in [-0.25, -0.2) is 13.4 Å². The highest BCUT2D eigenvalue weighted by atomic mass is 32.2. The van der Waals surface area contributed by atoms with E-state index in [1.54, 1.807) is 6.07 Å². The molecule has 1 N–H and O–H groups in total. The predicted octanol–water partition coefficient (Wildman–Crippen LogP) is 3.12. The minimum absolute atomic E-state index is 0.176. The summed E-state index contributed by atoms with van der Waals surface area (Å²) >= 11 is 0. The second-order valence-corrected chi connectivity index (χ2v) is 9.48. The first-order valence-electron chi connectivity index (χ1n) is 10.7. The molecule has 1 aliphatic heterocycles. The quantitative estimate of drug-likeness (QED) is 0.384. The molecule has 3 aromatic rings. The summed E-state index contributed by atoms with van der Waals surface area (Å²) in [6.07, 6.45) is 1.29. The van der Waals surface area contributed by atoms with Gasteiger partial charge in [-0.2, -0.15) is 0 Å². The summed E-state index contributed by atoms with van der Waals surface area (Å²) in [4.78, 5) is 19.1. The number of nitrogens with zero attached hydrogens (tertiary/aromatic N) is 4. The molecule has 4 rings (SSSR count). The van der Waals surface area contributed by atoms with Crippen molar-refractivity contribution in [3.8, 4) is 5.88 Å². The number of nitrogens with one attached hydrogen (secondary N) is 1. The Hall–Kier alpha value is -3.70. The fourth-order valence-electron chi connectivity index (χ4n) is 3.93. The van der Waals surface area contributed by atoms with Crippen molar-refractivity contribution in [2.75, 3.05) is 42.9 Å². The number of sulfonamides is 1. The predicted molar refractivity (Wildman–Crippen MR) is 129 cm³/mol. The number of hydrogen-bond acceptors (Lipinski definition) is 8. The van der Waals surface area contributed by atoms with Crippen molar-refractivity contribution >= 4 is 27.1 Å². The molecule has 0 bridgehead atoms. The Balaban J connectivity index is 1.55. The molecule has 1 aromatic heterocycles. The molecular weight excluding hydrogens is 458 g/mol. The lowest BCUT2D eigenvalue weighted by molar-refractivity contribution is -0.387. The molecule has 2 heterocycles. The van der Waals surface area contributed by atoms with Crippen LogP contribution in [0.4, 0.5) is 17.1 Å². The van der Waals surface area contributed by atoms with Crippen molar-refractivity contribution in [2.45, 2.75) is 11.4 Å². The van der Waals surface area contributed by atoms with Crippen molar-refractivity contribution in [3.63, 3.8) is 0 Å². The number of nitro groups is 1. The maximum atomic E-state index is 13.1. The number of methoxy groups -OCH3 is 1. The van der Waals surface area contributed by atoms with Crippen molar-refractivity contribution in [2.24, 2.45) is 0 Å². The van der Waals surface area contributed by atoms with Crippen LogP contribution in [0.15, 0.2) is 71.8 Å². The molecule has 0 spiro atoms. The molecule has 0 amide bonds. The normalized spacial score (nSPS) is 14.6. The van der Waals surface area contributed by atoms with Gasteiger partial charge in [0.2, 0.25) is 5.88 Å². The number of hydrogen-bond donors (Lipinski definition) is 1. The highest BCUT2D eigenvalue weighted by molar-refractivity contribution is 7.92. The van der Waals surface area contributed by atoms with E-state index in [9.17, 15) is 18.5 Å². The number of para-hydroxylation sites is 1. The van der Waals surface area contributed by atoms with E-state index in [2.05, 4.69) is 26.7 Å². The molecule has 11 heteroatoms. The fraction of sp³-hybridized carbons (Fsp3) is 0.261. The Morgan fingerprint density at radius 1 is 1.03 bits per heavy atom. The van der Waals surface area contributed by atoms with Crippen LogP contribution in [-0.4, -0.2) is 56.5 Å². The zero-order valence-corrected chi connectivity index (χ0v) is 19.4. The second-order valence-electron chi connectivity index (χ2n) is 7.82. The summed E-state index contributed by atoms with van der Waals surface area (Å²) in [5, 5.41) is 12.0. The smallest absolute Gasteiger partial charge is 0.312 e. The summed E-state index contributed by atoms with van der Waals surface area (Å²) in [5.41, 5.74) is 1.23. The lowest BCUT2D eigenvalue weighted by atomic mass is 10.2. The van der Waals surface area contributed by atoms with E-state index in [4.69, 9.17) is 4.74 Å².